The second-order valence-electron chi connectivity index (χ2n) is 4.09. The highest BCUT2D eigenvalue weighted by Gasteiger charge is 2.10. The van der Waals surface area contributed by atoms with E-state index in [-0.39, 0.29) is 0 Å². The highest BCUT2D eigenvalue weighted by molar-refractivity contribution is 5.46. The van der Waals surface area contributed by atoms with E-state index in [2.05, 4.69) is 25.4 Å². The Morgan fingerprint density at radius 2 is 2.21 bits per heavy atom. The zero-order chi connectivity index (χ0) is 13.1. The van der Waals surface area contributed by atoms with Crippen LogP contribution >= 0.6 is 0 Å². The molecule has 96 valence electrons. The van der Waals surface area contributed by atoms with Gasteiger partial charge in [0.25, 0.3) is 0 Å². The van der Waals surface area contributed by atoms with Crippen molar-refractivity contribution in [2.45, 2.75) is 19.9 Å². The SMILES string of the molecule is Cc1ccc(-c2noc(CCn3cccn3)n2)nn1. The summed E-state index contributed by atoms with van der Waals surface area (Å²) in [4.78, 5) is 4.29. The number of rotatable bonds is 4. The predicted molar refractivity (Wildman–Crippen MR) is 66.0 cm³/mol. The Labute approximate surface area is 109 Å². The number of hydrogen-bond acceptors (Lipinski definition) is 6. The molecule has 7 heteroatoms. The lowest BCUT2D eigenvalue weighted by molar-refractivity contribution is 0.369. The van der Waals surface area contributed by atoms with E-state index in [1.165, 1.54) is 0 Å². The van der Waals surface area contributed by atoms with Crippen LogP contribution in [-0.4, -0.2) is 30.1 Å². The predicted octanol–water partition coefficient (Wildman–Crippen LogP) is 1.27. The van der Waals surface area contributed by atoms with Gasteiger partial charge in [0.15, 0.2) is 0 Å². The monoisotopic (exact) mass is 256 g/mol. The summed E-state index contributed by atoms with van der Waals surface area (Å²) in [5.74, 6) is 1.02. The third kappa shape index (κ3) is 2.65. The minimum atomic E-state index is 0.461. The van der Waals surface area contributed by atoms with Crippen LogP contribution in [0.2, 0.25) is 0 Å². The van der Waals surface area contributed by atoms with Gasteiger partial charge in [-0.15, -0.1) is 5.10 Å². The van der Waals surface area contributed by atoms with E-state index in [1.54, 1.807) is 6.20 Å². The van der Waals surface area contributed by atoms with Gasteiger partial charge in [-0.05, 0) is 25.1 Å². The van der Waals surface area contributed by atoms with Crippen LogP contribution in [0.4, 0.5) is 0 Å². The van der Waals surface area contributed by atoms with E-state index in [9.17, 15) is 0 Å². The first-order valence-electron chi connectivity index (χ1n) is 5.92. The van der Waals surface area contributed by atoms with Crippen LogP contribution < -0.4 is 0 Å². The lowest BCUT2D eigenvalue weighted by atomic mass is 10.3. The van der Waals surface area contributed by atoms with Gasteiger partial charge in [-0.1, -0.05) is 5.16 Å². The summed E-state index contributed by atoms with van der Waals surface area (Å²) in [5, 5.41) is 16.0. The van der Waals surface area contributed by atoms with Crippen LogP contribution in [0.25, 0.3) is 11.5 Å². The molecule has 0 bridgehead atoms. The fraction of sp³-hybridized carbons (Fsp3) is 0.250. The Morgan fingerprint density at radius 1 is 1.26 bits per heavy atom. The molecule has 3 aromatic heterocycles. The Morgan fingerprint density at radius 3 is 2.95 bits per heavy atom. The van der Waals surface area contributed by atoms with E-state index in [0.717, 1.165) is 5.69 Å². The van der Waals surface area contributed by atoms with Crippen molar-refractivity contribution in [2.24, 2.45) is 0 Å². The molecule has 0 aliphatic heterocycles. The fourth-order valence-electron chi connectivity index (χ4n) is 1.62. The van der Waals surface area contributed by atoms with Crippen LogP contribution in [-0.2, 0) is 13.0 Å². The Hall–Kier alpha value is -2.57. The Kier molecular flexibility index (Phi) is 3.01. The molecule has 19 heavy (non-hydrogen) atoms. The number of aromatic nitrogens is 6. The number of hydrogen-bond donors (Lipinski definition) is 0. The van der Waals surface area contributed by atoms with Crippen molar-refractivity contribution in [1.82, 2.24) is 30.1 Å². The Balaban J connectivity index is 1.70. The van der Waals surface area contributed by atoms with E-state index in [1.807, 2.05) is 36.0 Å². The third-order valence-electron chi connectivity index (χ3n) is 2.61. The van der Waals surface area contributed by atoms with Gasteiger partial charge < -0.3 is 4.52 Å². The van der Waals surface area contributed by atoms with Gasteiger partial charge in [0.05, 0.1) is 5.69 Å². The van der Waals surface area contributed by atoms with Gasteiger partial charge in [-0.3, -0.25) is 4.68 Å². The molecule has 0 fully saturated rings. The molecule has 0 radical (unpaired) electrons. The molecule has 0 aliphatic rings. The summed E-state index contributed by atoms with van der Waals surface area (Å²) < 4.78 is 6.99. The molecule has 3 rings (SSSR count). The van der Waals surface area contributed by atoms with Gasteiger partial charge in [0, 0.05) is 25.4 Å². The van der Waals surface area contributed by atoms with Crippen LogP contribution in [0.5, 0.6) is 0 Å². The lowest BCUT2D eigenvalue weighted by Gasteiger charge is -1.96. The summed E-state index contributed by atoms with van der Waals surface area (Å²) >= 11 is 0. The van der Waals surface area contributed by atoms with Crippen LogP contribution in [0.15, 0.2) is 35.1 Å². The standard InChI is InChI=1S/C12H12N6O/c1-9-3-4-10(16-15-9)12-14-11(19-17-12)5-8-18-7-2-6-13-18/h2-4,6-7H,5,8H2,1H3. The third-order valence-corrected chi connectivity index (χ3v) is 2.61. The molecule has 3 aromatic rings. The summed E-state index contributed by atoms with van der Waals surface area (Å²) in [6.45, 7) is 2.58. The molecule has 0 spiro atoms. The molecule has 0 amide bonds. The molecule has 0 N–H and O–H groups in total. The van der Waals surface area contributed by atoms with Gasteiger partial charge in [0.2, 0.25) is 11.7 Å². The van der Waals surface area contributed by atoms with E-state index >= 15 is 0 Å². The van der Waals surface area contributed by atoms with Gasteiger partial charge >= 0.3 is 0 Å². The van der Waals surface area contributed by atoms with Crippen molar-refractivity contribution >= 4 is 0 Å². The molecule has 0 aliphatic carbocycles. The second kappa shape index (κ2) is 4.97. The minimum Gasteiger partial charge on any atom is -0.339 e. The zero-order valence-electron chi connectivity index (χ0n) is 10.4. The van der Waals surface area contributed by atoms with E-state index in [4.69, 9.17) is 4.52 Å². The molecule has 0 aromatic carbocycles. The molecule has 3 heterocycles. The second-order valence-corrected chi connectivity index (χ2v) is 4.09. The topological polar surface area (TPSA) is 82.5 Å². The van der Waals surface area contributed by atoms with Crippen molar-refractivity contribution in [2.75, 3.05) is 0 Å². The first-order chi connectivity index (χ1) is 9.31. The highest BCUT2D eigenvalue weighted by atomic mass is 16.5. The van der Waals surface area contributed by atoms with Crippen molar-refractivity contribution in [1.29, 1.82) is 0 Å². The average Bonchev–Trinajstić information content (AvgIpc) is 3.09. The Bertz CT molecular complexity index is 643. The molecular formula is C12H12N6O. The molecule has 7 nitrogen and oxygen atoms in total. The van der Waals surface area contributed by atoms with Crippen LogP contribution in [0.3, 0.4) is 0 Å². The first kappa shape index (κ1) is 11.5. The number of aryl methyl sites for hydroxylation is 3. The van der Waals surface area contributed by atoms with Crippen molar-refractivity contribution in [3.05, 3.63) is 42.2 Å². The zero-order valence-corrected chi connectivity index (χ0v) is 10.4. The van der Waals surface area contributed by atoms with Gasteiger partial charge in [0.1, 0.15) is 5.69 Å². The molecule has 0 atom stereocenters. The van der Waals surface area contributed by atoms with Crippen molar-refractivity contribution < 1.29 is 4.52 Å². The lowest BCUT2D eigenvalue weighted by Crippen LogP contribution is -2.01. The van der Waals surface area contributed by atoms with Crippen LogP contribution in [0.1, 0.15) is 11.6 Å². The summed E-state index contributed by atoms with van der Waals surface area (Å²) in [5.41, 5.74) is 1.46. The maximum atomic E-state index is 5.18. The maximum Gasteiger partial charge on any atom is 0.228 e. The smallest absolute Gasteiger partial charge is 0.228 e. The first-order valence-corrected chi connectivity index (χ1v) is 5.92. The summed E-state index contributed by atoms with van der Waals surface area (Å²) in [6.07, 6.45) is 4.26. The normalized spacial score (nSPS) is 10.8. The van der Waals surface area contributed by atoms with Gasteiger partial charge in [-0.25, -0.2) is 0 Å². The van der Waals surface area contributed by atoms with E-state index < -0.39 is 0 Å². The minimum absolute atomic E-state index is 0.461. The average molecular weight is 256 g/mol. The molecule has 0 saturated heterocycles. The molecular weight excluding hydrogens is 244 g/mol. The quantitative estimate of drug-likeness (QED) is 0.699. The highest BCUT2D eigenvalue weighted by Crippen LogP contribution is 2.12. The molecule has 0 unspecified atom stereocenters. The number of nitrogens with zero attached hydrogens (tertiary/aromatic N) is 6. The van der Waals surface area contributed by atoms with Crippen molar-refractivity contribution in [3.8, 4) is 11.5 Å². The van der Waals surface area contributed by atoms with Gasteiger partial charge in [-0.2, -0.15) is 15.2 Å². The fourth-order valence-corrected chi connectivity index (χ4v) is 1.62. The van der Waals surface area contributed by atoms with Crippen molar-refractivity contribution in [3.63, 3.8) is 0 Å². The summed E-state index contributed by atoms with van der Waals surface area (Å²) in [7, 11) is 0. The van der Waals surface area contributed by atoms with E-state index in [0.29, 0.717) is 30.4 Å². The maximum absolute atomic E-state index is 5.18. The summed E-state index contributed by atoms with van der Waals surface area (Å²) in [6, 6.07) is 5.56. The largest absolute Gasteiger partial charge is 0.339 e. The molecule has 0 saturated carbocycles. The van der Waals surface area contributed by atoms with Crippen LogP contribution in [0, 0.1) is 6.92 Å².